The average Bonchev–Trinajstić information content (AvgIpc) is 2.73. The fourth-order valence-electron chi connectivity index (χ4n) is 2.25. The summed E-state index contributed by atoms with van der Waals surface area (Å²) < 4.78 is 16.2. The number of nitrogens with one attached hydrogen (secondary N) is 1. The molecule has 1 saturated heterocycles. The van der Waals surface area contributed by atoms with Gasteiger partial charge in [-0.2, -0.15) is 0 Å². The number of hydrogen-bond acceptors (Lipinski definition) is 8. The molecule has 1 aromatic rings. The van der Waals surface area contributed by atoms with E-state index in [9.17, 15) is 24.3 Å². The first-order chi connectivity index (χ1) is 10.8. The second kappa shape index (κ2) is 6.75. The van der Waals surface area contributed by atoms with E-state index >= 15 is 0 Å². The number of aliphatic hydroxyl groups excluding tert-OH is 1. The average molecular weight is 328 g/mol. The lowest BCUT2D eigenvalue weighted by Gasteiger charge is -2.19. The maximum atomic E-state index is 11.8. The second-order valence-corrected chi connectivity index (χ2v) is 4.95. The Balaban J connectivity index is 2.27. The van der Waals surface area contributed by atoms with E-state index in [-0.39, 0.29) is 6.61 Å². The van der Waals surface area contributed by atoms with Crippen molar-refractivity contribution in [3.05, 3.63) is 33.1 Å². The zero-order valence-corrected chi connectivity index (χ0v) is 12.4. The molecule has 10 heteroatoms. The predicted molar refractivity (Wildman–Crippen MR) is 73.4 cm³/mol. The first-order valence-corrected chi connectivity index (χ1v) is 6.75. The van der Waals surface area contributed by atoms with Gasteiger partial charge in [-0.1, -0.05) is 0 Å². The molecule has 0 amide bonds. The van der Waals surface area contributed by atoms with Crippen LogP contribution >= 0.6 is 0 Å². The Morgan fingerprint density at radius 2 is 2.04 bits per heavy atom. The maximum Gasteiger partial charge on any atom is 0.330 e. The molecule has 0 spiro atoms. The summed E-state index contributed by atoms with van der Waals surface area (Å²) >= 11 is 0. The van der Waals surface area contributed by atoms with Gasteiger partial charge in [-0.25, -0.2) is 4.79 Å². The normalized spacial score (nSPS) is 26.7. The van der Waals surface area contributed by atoms with Crippen molar-refractivity contribution in [2.45, 2.75) is 38.4 Å². The molecule has 0 aromatic carbocycles. The lowest BCUT2D eigenvalue weighted by molar-refractivity contribution is -0.157. The first kappa shape index (κ1) is 16.9. The molecule has 10 nitrogen and oxygen atoms in total. The number of ether oxygens (including phenoxy) is 3. The van der Waals surface area contributed by atoms with E-state index in [1.807, 2.05) is 4.98 Å². The molecule has 1 aliphatic heterocycles. The van der Waals surface area contributed by atoms with E-state index in [0.29, 0.717) is 0 Å². The second-order valence-electron chi connectivity index (χ2n) is 4.95. The van der Waals surface area contributed by atoms with E-state index in [0.717, 1.165) is 23.8 Å². The van der Waals surface area contributed by atoms with Gasteiger partial charge in [-0.15, -0.1) is 0 Å². The molecule has 1 fully saturated rings. The lowest BCUT2D eigenvalue weighted by atomic mass is 10.1. The first-order valence-electron chi connectivity index (χ1n) is 6.75. The van der Waals surface area contributed by atoms with Crippen molar-refractivity contribution in [1.29, 1.82) is 0 Å². The molecule has 126 valence electrons. The maximum absolute atomic E-state index is 11.8. The van der Waals surface area contributed by atoms with Gasteiger partial charge in [-0.05, 0) is 0 Å². The zero-order chi connectivity index (χ0) is 17.1. The van der Waals surface area contributed by atoms with Crippen LogP contribution in [0.15, 0.2) is 21.9 Å². The van der Waals surface area contributed by atoms with Gasteiger partial charge in [0.25, 0.3) is 5.56 Å². The number of aromatic amines is 1. The van der Waals surface area contributed by atoms with Crippen LogP contribution in [0.25, 0.3) is 0 Å². The van der Waals surface area contributed by atoms with Crippen molar-refractivity contribution in [3.63, 3.8) is 0 Å². The standard InChI is InChI=1S/C13H16N2O8/c1-6(16)21-5-8-11(22-7(2)17)10(19)12(23-8)15-4-3-9(18)14-13(15)20/h3-4,8,10-12,19H,5H2,1-2H3,(H,14,18,20)/t8-,10+,11-,12-/m1/s1. The highest BCUT2D eigenvalue weighted by Crippen LogP contribution is 2.30. The molecular weight excluding hydrogens is 312 g/mol. The molecule has 1 aliphatic rings. The van der Waals surface area contributed by atoms with Crippen LogP contribution in [0, 0.1) is 0 Å². The third-order valence-corrected chi connectivity index (χ3v) is 3.19. The summed E-state index contributed by atoms with van der Waals surface area (Å²) in [4.78, 5) is 47.0. The highest BCUT2D eigenvalue weighted by molar-refractivity contribution is 5.66. The molecule has 0 bridgehead atoms. The summed E-state index contributed by atoms with van der Waals surface area (Å²) in [6, 6.07) is 1.08. The van der Waals surface area contributed by atoms with Gasteiger partial charge in [0.2, 0.25) is 0 Å². The number of H-pyrrole nitrogens is 1. The minimum atomic E-state index is -1.39. The fraction of sp³-hybridized carbons (Fsp3) is 0.538. The van der Waals surface area contributed by atoms with E-state index < -0.39 is 47.7 Å². The fourth-order valence-corrected chi connectivity index (χ4v) is 2.25. The van der Waals surface area contributed by atoms with E-state index in [1.54, 1.807) is 0 Å². The number of nitrogens with zero attached hydrogens (tertiary/aromatic N) is 1. The Hall–Kier alpha value is -2.46. The third kappa shape index (κ3) is 3.85. The van der Waals surface area contributed by atoms with Crippen LogP contribution < -0.4 is 11.2 Å². The number of esters is 2. The smallest absolute Gasteiger partial charge is 0.330 e. The Morgan fingerprint density at radius 3 is 2.61 bits per heavy atom. The van der Waals surface area contributed by atoms with Gasteiger partial charge in [0.1, 0.15) is 18.8 Å². The molecule has 2 N–H and O–H groups in total. The zero-order valence-electron chi connectivity index (χ0n) is 12.4. The number of carbonyl (C=O) groups is 2. The van der Waals surface area contributed by atoms with Crippen molar-refractivity contribution in [2.24, 2.45) is 0 Å². The summed E-state index contributed by atoms with van der Waals surface area (Å²) in [6.07, 6.45) is -3.53. The number of rotatable bonds is 4. The van der Waals surface area contributed by atoms with Crippen molar-refractivity contribution < 1.29 is 28.9 Å². The number of aliphatic hydroxyl groups is 1. The van der Waals surface area contributed by atoms with Gasteiger partial charge in [0, 0.05) is 26.1 Å². The molecule has 2 heterocycles. The Morgan fingerprint density at radius 1 is 1.35 bits per heavy atom. The highest BCUT2D eigenvalue weighted by atomic mass is 16.6. The predicted octanol–water partition coefficient (Wildman–Crippen LogP) is -1.71. The van der Waals surface area contributed by atoms with Gasteiger partial charge >= 0.3 is 17.6 Å². The molecular formula is C13H16N2O8. The molecule has 0 unspecified atom stereocenters. The summed E-state index contributed by atoms with van der Waals surface area (Å²) in [5.41, 5.74) is -1.40. The Kier molecular flexibility index (Phi) is 4.96. The molecule has 0 saturated carbocycles. The van der Waals surface area contributed by atoms with Crippen molar-refractivity contribution in [3.8, 4) is 0 Å². The van der Waals surface area contributed by atoms with Gasteiger partial charge in [-0.3, -0.25) is 23.9 Å². The molecule has 0 aliphatic carbocycles. The molecule has 0 radical (unpaired) electrons. The Labute approximate surface area is 129 Å². The topological polar surface area (TPSA) is 137 Å². The summed E-state index contributed by atoms with van der Waals surface area (Å²) in [5, 5.41) is 10.3. The van der Waals surface area contributed by atoms with Gasteiger partial charge in [0.05, 0.1) is 0 Å². The summed E-state index contributed by atoms with van der Waals surface area (Å²) in [5.74, 6) is -1.24. The minimum absolute atomic E-state index is 0.265. The minimum Gasteiger partial charge on any atom is -0.463 e. The van der Waals surface area contributed by atoms with Crippen LogP contribution in [-0.2, 0) is 23.8 Å². The van der Waals surface area contributed by atoms with Crippen LogP contribution in [0.1, 0.15) is 20.1 Å². The van der Waals surface area contributed by atoms with E-state index in [4.69, 9.17) is 14.2 Å². The SMILES string of the molecule is CC(=O)OC[C@H]1O[C@@H](n2ccc(=O)[nH]c2=O)[C@@H](O)[C@@H]1OC(C)=O. The van der Waals surface area contributed by atoms with Crippen LogP contribution in [-0.4, -0.2) is 51.5 Å². The van der Waals surface area contributed by atoms with Gasteiger partial charge < -0.3 is 19.3 Å². The van der Waals surface area contributed by atoms with Crippen LogP contribution in [0.5, 0.6) is 0 Å². The van der Waals surface area contributed by atoms with Crippen molar-refractivity contribution in [1.82, 2.24) is 9.55 Å². The highest BCUT2D eigenvalue weighted by Gasteiger charge is 2.47. The van der Waals surface area contributed by atoms with Crippen molar-refractivity contribution >= 4 is 11.9 Å². The van der Waals surface area contributed by atoms with Crippen LogP contribution in [0.4, 0.5) is 0 Å². The molecule has 23 heavy (non-hydrogen) atoms. The third-order valence-electron chi connectivity index (χ3n) is 3.19. The van der Waals surface area contributed by atoms with Gasteiger partial charge in [0.15, 0.2) is 12.3 Å². The van der Waals surface area contributed by atoms with E-state index in [1.165, 1.54) is 6.92 Å². The quantitative estimate of drug-likeness (QED) is 0.623. The number of carbonyl (C=O) groups excluding carboxylic acids is 2. The lowest BCUT2D eigenvalue weighted by Crippen LogP contribution is -2.40. The Bertz CT molecular complexity index is 708. The van der Waals surface area contributed by atoms with Crippen LogP contribution in [0.2, 0.25) is 0 Å². The monoisotopic (exact) mass is 328 g/mol. The summed E-state index contributed by atoms with van der Waals surface area (Å²) in [7, 11) is 0. The van der Waals surface area contributed by atoms with Crippen molar-refractivity contribution in [2.75, 3.05) is 6.61 Å². The molecule has 4 atom stereocenters. The summed E-state index contributed by atoms with van der Waals surface area (Å²) in [6.45, 7) is 2.07. The number of aromatic nitrogens is 2. The van der Waals surface area contributed by atoms with Crippen LogP contribution in [0.3, 0.4) is 0 Å². The molecule has 2 rings (SSSR count). The number of hydrogen-bond donors (Lipinski definition) is 2. The van der Waals surface area contributed by atoms with E-state index in [2.05, 4.69) is 0 Å². The molecule has 1 aromatic heterocycles. The largest absolute Gasteiger partial charge is 0.463 e.